The second-order valence-electron chi connectivity index (χ2n) is 7.89. The lowest BCUT2D eigenvalue weighted by Crippen LogP contribution is -2.50. The van der Waals surface area contributed by atoms with Crippen molar-refractivity contribution in [2.45, 2.75) is 13.3 Å². The van der Waals surface area contributed by atoms with Crippen molar-refractivity contribution >= 4 is 40.7 Å². The van der Waals surface area contributed by atoms with Crippen LogP contribution in [0, 0.1) is 0 Å². The topological polar surface area (TPSA) is 65.8 Å². The molecular weight excluding hydrogens is 461 g/mol. The van der Waals surface area contributed by atoms with Crippen molar-refractivity contribution in [3.8, 4) is 11.3 Å². The van der Waals surface area contributed by atoms with Crippen LogP contribution in [0.5, 0.6) is 0 Å². The number of hydrogen-bond donors (Lipinski definition) is 1. The smallest absolute Gasteiger partial charge is 0.289 e. The molecule has 0 spiro atoms. The Kier molecular flexibility index (Phi) is 7.38. The van der Waals surface area contributed by atoms with Gasteiger partial charge in [-0.2, -0.15) is 0 Å². The van der Waals surface area contributed by atoms with Crippen molar-refractivity contribution in [2.75, 3.05) is 38.0 Å². The van der Waals surface area contributed by atoms with Gasteiger partial charge in [-0.05, 0) is 42.3 Å². The van der Waals surface area contributed by atoms with E-state index in [1.807, 2.05) is 29.2 Å². The highest BCUT2D eigenvalue weighted by atomic mass is 35.5. The third-order valence-electron chi connectivity index (χ3n) is 5.73. The Morgan fingerprint density at radius 1 is 0.970 bits per heavy atom. The number of anilines is 1. The summed E-state index contributed by atoms with van der Waals surface area (Å²) in [7, 11) is 0. The summed E-state index contributed by atoms with van der Waals surface area (Å²) in [6, 6.07) is 16.5. The van der Waals surface area contributed by atoms with Gasteiger partial charge in [0.2, 0.25) is 5.91 Å². The summed E-state index contributed by atoms with van der Waals surface area (Å²) in [6.45, 7) is 4.62. The van der Waals surface area contributed by atoms with Crippen LogP contribution in [-0.4, -0.2) is 54.3 Å². The predicted octanol–water partition coefficient (Wildman–Crippen LogP) is 5.21. The van der Waals surface area contributed by atoms with Crippen LogP contribution < -0.4 is 5.32 Å². The molecule has 2 heterocycles. The van der Waals surface area contributed by atoms with Crippen LogP contribution in [0.2, 0.25) is 10.0 Å². The fourth-order valence-corrected chi connectivity index (χ4v) is 4.29. The maximum atomic E-state index is 12.9. The van der Waals surface area contributed by atoms with Crippen molar-refractivity contribution in [3.05, 3.63) is 76.0 Å². The molecule has 3 aromatic rings. The van der Waals surface area contributed by atoms with Crippen molar-refractivity contribution in [1.29, 1.82) is 0 Å². The van der Waals surface area contributed by atoms with Crippen LogP contribution >= 0.6 is 23.2 Å². The Labute approximate surface area is 203 Å². The van der Waals surface area contributed by atoms with E-state index in [1.165, 1.54) is 0 Å². The highest BCUT2D eigenvalue weighted by Gasteiger charge is 2.26. The molecule has 0 radical (unpaired) electrons. The van der Waals surface area contributed by atoms with Gasteiger partial charge in [-0.15, -0.1) is 0 Å². The molecule has 1 N–H and O–H groups in total. The van der Waals surface area contributed by atoms with E-state index in [1.54, 1.807) is 35.2 Å². The first-order valence-corrected chi connectivity index (χ1v) is 11.7. The molecule has 6 nitrogen and oxygen atoms in total. The maximum Gasteiger partial charge on any atom is 0.289 e. The minimum atomic E-state index is -0.180. The van der Waals surface area contributed by atoms with Crippen LogP contribution in [-0.2, 0) is 11.2 Å². The van der Waals surface area contributed by atoms with Crippen LogP contribution in [0.25, 0.3) is 11.3 Å². The summed E-state index contributed by atoms with van der Waals surface area (Å²) in [4.78, 5) is 29.2. The summed E-state index contributed by atoms with van der Waals surface area (Å²) >= 11 is 12.3. The lowest BCUT2D eigenvalue weighted by atomic mass is 10.1. The normalized spacial score (nSPS) is 14.3. The summed E-state index contributed by atoms with van der Waals surface area (Å²) in [5.41, 5.74) is 2.61. The zero-order valence-corrected chi connectivity index (χ0v) is 19.8. The van der Waals surface area contributed by atoms with Gasteiger partial charge in [-0.3, -0.25) is 14.5 Å². The lowest BCUT2D eigenvalue weighted by molar-refractivity contribution is -0.117. The molecule has 4 rings (SSSR count). The number of para-hydroxylation sites is 1. The molecule has 1 aromatic heterocycles. The number of halogens is 2. The molecule has 1 fully saturated rings. The number of nitrogens with zero attached hydrogens (tertiary/aromatic N) is 2. The average molecular weight is 486 g/mol. The van der Waals surface area contributed by atoms with Crippen molar-refractivity contribution < 1.29 is 14.0 Å². The van der Waals surface area contributed by atoms with E-state index in [0.29, 0.717) is 47.5 Å². The Morgan fingerprint density at radius 3 is 2.48 bits per heavy atom. The molecular formula is C25H25Cl2N3O3. The number of aryl methyl sites for hydroxylation is 1. The molecule has 172 valence electrons. The summed E-state index contributed by atoms with van der Waals surface area (Å²) in [6.07, 6.45) is 0.856. The van der Waals surface area contributed by atoms with Crippen molar-refractivity contribution in [1.82, 2.24) is 9.80 Å². The van der Waals surface area contributed by atoms with E-state index in [4.69, 9.17) is 27.6 Å². The molecule has 2 aromatic carbocycles. The third kappa shape index (κ3) is 5.41. The first-order valence-electron chi connectivity index (χ1n) is 10.9. The van der Waals surface area contributed by atoms with Gasteiger partial charge < -0.3 is 14.6 Å². The number of carbonyl (C=O) groups excluding carboxylic acids is 2. The Morgan fingerprint density at radius 2 is 1.73 bits per heavy atom. The van der Waals surface area contributed by atoms with Crippen LogP contribution in [0.3, 0.4) is 0 Å². The Hall–Kier alpha value is -2.80. The van der Waals surface area contributed by atoms with E-state index < -0.39 is 0 Å². The standard InChI is InChI=1S/C25H25Cl2N3O3/c1-2-17-6-3-4-9-20(17)28-23(31)16-29-12-14-30(15-13-29)25(32)22-11-10-21(33-22)18-7-5-8-19(26)24(18)27/h3-11H,2,12-16H2,1H3,(H,28,31). The zero-order chi connectivity index (χ0) is 23.4. The van der Waals surface area contributed by atoms with E-state index in [-0.39, 0.29) is 24.1 Å². The van der Waals surface area contributed by atoms with E-state index in [0.717, 1.165) is 17.7 Å². The lowest BCUT2D eigenvalue weighted by Gasteiger charge is -2.33. The van der Waals surface area contributed by atoms with Gasteiger partial charge in [0, 0.05) is 37.4 Å². The zero-order valence-electron chi connectivity index (χ0n) is 18.3. The number of amides is 2. The van der Waals surface area contributed by atoms with E-state index in [2.05, 4.69) is 12.2 Å². The second kappa shape index (κ2) is 10.4. The monoisotopic (exact) mass is 485 g/mol. The fraction of sp³-hybridized carbons (Fsp3) is 0.280. The van der Waals surface area contributed by atoms with Crippen LogP contribution in [0.1, 0.15) is 23.0 Å². The number of benzene rings is 2. The summed E-state index contributed by atoms with van der Waals surface area (Å²) < 4.78 is 5.79. The minimum absolute atomic E-state index is 0.0512. The molecule has 1 aliphatic heterocycles. The highest BCUT2D eigenvalue weighted by molar-refractivity contribution is 6.43. The molecule has 0 atom stereocenters. The first kappa shape index (κ1) is 23.4. The number of furan rings is 1. The highest BCUT2D eigenvalue weighted by Crippen LogP contribution is 2.34. The van der Waals surface area contributed by atoms with Gasteiger partial charge in [-0.25, -0.2) is 0 Å². The van der Waals surface area contributed by atoms with Gasteiger partial charge in [0.15, 0.2) is 5.76 Å². The average Bonchev–Trinajstić information content (AvgIpc) is 3.31. The molecule has 0 unspecified atom stereocenters. The van der Waals surface area contributed by atoms with Gasteiger partial charge in [0.05, 0.1) is 16.6 Å². The number of rotatable bonds is 6. The quantitative estimate of drug-likeness (QED) is 0.520. The van der Waals surface area contributed by atoms with Crippen LogP contribution in [0.15, 0.2) is 59.0 Å². The second-order valence-corrected chi connectivity index (χ2v) is 8.68. The number of piperazine rings is 1. The molecule has 1 saturated heterocycles. The molecule has 0 aliphatic carbocycles. The van der Waals surface area contributed by atoms with Gasteiger partial charge in [-0.1, -0.05) is 54.4 Å². The number of nitrogens with one attached hydrogen (secondary N) is 1. The Bertz CT molecular complexity index is 1150. The van der Waals surface area contributed by atoms with Crippen molar-refractivity contribution in [2.24, 2.45) is 0 Å². The molecule has 0 saturated carbocycles. The number of carbonyl (C=O) groups is 2. The minimum Gasteiger partial charge on any atom is -0.451 e. The van der Waals surface area contributed by atoms with E-state index in [9.17, 15) is 9.59 Å². The maximum absolute atomic E-state index is 12.9. The summed E-state index contributed by atoms with van der Waals surface area (Å²) in [5, 5.41) is 3.82. The first-order chi connectivity index (χ1) is 16.0. The van der Waals surface area contributed by atoms with Crippen LogP contribution in [0.4, 0.5) is 5.69 Å². The molecule has 1 aliphatic rings. The van der Waals surface area contributed by atoms with Gasteiger partial charge >= 0.3 is 0 Å². The molecule has 8 heteroatoms. The molecule has 33 heavy (non-hydrogen) atoms. The SMILES string of the molecule is CCc1ccccc1NC(=O)CN1CCN(C(=O)c2ccc(-c3cccc(Cl)c3Cl)o2)CC1. The van der Waals surface area contributed by atoms with Crippen molar-refractivity contribution in [3.63, 3.8) is 0 Å². The predicted molar refractivity (Wildman–Crippen MR) is 131 cm³/mol. The number of hydrogen-bond acceptors (Lipinski definition) is 4. The largest absolute Gasteiger partial charge is 0.451 e. The molecule has 0 bridgehead atoms. The van der Waals surface area contributed by atoms with E-state index >= 15 is 0 Å². The fourth-order valence-electron chi connectivity index (χ4n) is 3.90. The van der Waals surface area contributed by atoms with Gasteiger partial charge in [0.25, 0.3) is 5.91 Å². The third-order valence-corrected chi connectivity index (χ3v) is 6.55. The molecule has 2 amide bonds. The summed E-state index contributed by atoms with van der Waals surface area (Å²) in [5.74, 6) is 0.516. The Balaban J connectivity index is 1.32. The van der Waals surface area contributed by atoms with Gasteiger partial charge in [0.1, 0.15) is 5.76 Å².